The maximum absolute atomic E-state index is 6.04. The summed E-state index contributed by atoms with van der Waals surface area (Å²) < 4.78 is 0. The third-order valence-electron chi connectivity index (χ3n) is 3.73. The van der Waals surface area contributed by atoms with Crippen LogP contribution in [0.25, 0.3) is 0 Å². The number of aromatic nitrogens is 2. The van der Waals surface area contributed by atoms with E-state index in [0.29, 0.717) is 22.8 Å². The summed E-state index contributed by atoms with van der Waals surface area (Å²) in [7, 11) is 0. The van der Waals surface area contributed by atoms with Crippen LogP contribution in [0.2, 0.25) is 5.02 Å². The molecule has 4 N–H and O–H groups in total. The van der Waals surface area contributed by atoms with Crippen LogP contribution < -0.4 is 16.6 Å². The molecule has 0 bridgehead atoms. The summed E-state index contributed by atoms with van der Waals surface area (Å²) in [5.41, 5.74) is 2.41. The minimum atomic E-state index is 0.363. The number of hydrazine groups is 1. The fraction of sp³-hybridized carbons (Fsp3) is 0.692. The Kier molecular flexibility index (Phi) is 5.82. The lowest BCUT2D eigenvalue weighted by molar-refractivity contribution is 0.160. The van der Waals surface area contributed by atoms with Crippen LogP contribution in [0, 0.1) is 0 Å². The van der Waals surface area contributed by atoms with Crippen molar-refractivity contribution in [1.29, 1.82) is 0 Å². The van der Waals surface area contributed by atoms with Crippen LogP contribution in [0.4, 0.5) is 11.8 Å². The maximum atomic E-state index is 6.04. The van der Waals surface area contributed by atoms with Gasteiger partial charge in [-0.1, -0.05) is 18.0 Å². The highest BCUT2D eigenvalue weighted by atomic mass is 35.5. The minimum absolute atomic E-state index is 0.363. The van der Waals surface area contributed by atoms with Gasteiger partial charge < -0.3 is 10.2 Å². The van der Waals surface area contributed by atoms with Crippen molar-refractivity contribution >= 4 is 23.4 Å². The molecule has 2 rings (SSSR count). The van der Waals surface area contributed by atoms with Crippen LogP contribution >= 0.6 is 11.6 Å². The van der Waals surface area contributed by atoms with Crippen LogP contribution in [0.5, 0.6) is 0 Å². The molecule has 112 valence electrons. The quantitative estimate of drug-likeness (QED) is 0.424. The van der Waals surface area contributed by atoms with Crippen LogP contribution in [0.15, 0.2) is 6.20 Å². The molecule has 6 nitrogen and oxygen atoms in total. The van der Waals surface area contributed by atoms with E-state index in [-0.39, 0.29) is 0 Å². The Morgan fingerprint density at radius 2 is 2.35 bits per heavy atom. The lowest BCUT2D eigenvalue weighted by Gasteiger charge is -2.33. The molecule has 1 fully saturated rings. The van der Waals surface area contributed by atoms with Gasteiger partial charge in [0, 0.05) is 19.1 Å². The Morgan fingerprint density at radius 1 is 1.50 bits per heavy atom. The molecule has 1 aromatic heterocycles. The van der Waals surface area contributed by atoms with E-state index in [1.165, 1.54) is 25.8 Å². The topological polar surface area (TPSA) is 79.1 Å². The number of rotatable bonds is 6. The van der Waals surface area contributed by atoms with Gasteiger partial charge in [0.25, 0.3) is 0 Å². The Hall–Kier alpha value is -1.11. The average molecular weight is 299 g/mol. The molecule has 0 saturated carbocycles. The molecule has 1 unspecified atom stereocenters. The molecule has 0 aromatic carbocycles. The van der Waals surface area contributed by atoms with E-state index < -0.39 is 0 Å². The van der Waals surface area contributed by atoms with Crippen LogP contribution in [-0.4, -0.2) is 40.5 Å². The van der Waals surface area contributed by atoms with Crippen molar-refractivity contribution in [3.05, 3.63) is 11.2 Å². The molecule has 1 aromatic rings. The van der Waals surface area contributed by atoms with Crippen molar-refractivity contribution in [2.45, 2.75) is 38.6 Å². The largest absolute Gasteiger partial charge is 0.369 e. The zero-order valence-electron chi connectivity index (χ0n) is 11.9. The van der Waals surface area contributed by atoms with Gasteiger partial charge >= 0.3 is 0 Å². The van der Waals surface area contributed by atoms with Gasteiger partial charge in [-0.2, -0.15) is 4.98 Å². The summed E-state index contributed by atoms with van der Waals surface area (Å²) in [5.74, 6) is 6.27. The Balaban J connectivity index is 1.75. The fourth-order valence-electron chi connectivity index (χ4n) is 2.54. The van der Waals surface area contributed by atoms with Crippen LogP contribution in [0.1, 0.15) is 32.6 Å². The van der Waals surface area contributed by atoms with Crippen molar-refractivity contribution in [1.82, 2.24) is 14.9 Å². The van der Waals surface area contributed by atoms with Gasteiger partial charge in [-0.3, -0.25) is 5.43 Å². The normalized spacial score (nSPS) is 19.9. The van der Waals surface area contributed by atoms with E-state index in [2.05, 4.69) is 32.5 Å². The Labute approximate surface area is 125 Å². The SMILES string of the molecule is CC1CCCCN1CCCNc1nc(NN)ncc1Cl. The van der Waals surface area contributed by atoms with Gasteiger partial charge in [0.1, 0.15) is 5.02 Å². The number of nitrogens with one attached hydrogen (secondary N) is 2. The third kappa shape index (κ3) is 4.19. The number of nitrogen functional groups attached to an aromatic ring is 1. The second-order valence-electron chi connectivity index (χ2n) is 5.20. The first kappa shape index (κ1) is 15.3. The highest BCUT2D eigenvalue weighted by molar-refractivity contribution is 6.32. The molecule has 7 heteroatoms. The number of hydrogen-bond acceptors (Lipinski definition) is 6. The van der Waals surface area contributed by atoms with Crippen molar-refractivity contribution in [2.75, 3.05) is 30.4 Å². The molecule has 0 amide bonds. The number of halogens is 1. The van der Waals surface area contributed by atoms with Crippen molar-refractivity contribution < 1.29 is 0 Å². The number of anilines is 2. The second kappa shape index (κ2) is 7.61. The smallest absolute Gasteiger partial charge is 0.239 e. The van der Waals surface area contributed by atoms with E-state index in [1.807, 2.05) is 0 Å². The lowest BCUT2D eigenvalue weighted by Crippen LogP contribution is -2.38. The molecular weight excluding hydrogens is 276 g/mol. The molecule has 1 aliphatic rings. The predicted molar refractivity (Wildman–Crippen MR) is 82.8 cm³/mol. The number of piperidine rings is 1. The molecule has 0 aliphatic carbocycles. The van der Waals surface area contributed by atoms with Crippen LogP contribution in [0.3, 0.4) is 0 Å². The summed E-state index contributed by atoms with van der Waals surface area (Å²) in [6.07, 6.45) is 6.61. The van der Waals surface area contributed by atoms with E-state index in [9.17, 15) is 0 Å². The number of nitrogens with zero attached hydrogens (tertiary/aromatic N) is 3. The van der Waals surface area contributed by atoms with Gasteiger partial charge in [-0.15, -0.1) is 0 Å². The molecule has 0 spiro atoms. The highest BCUT2D eigenvalue weighted by Crippen LogP contribution is 2.19. The molecule has 1 saturated heterocycles. The summed E-state index contributed by atoms with van der Waals surface area (Å²) in [5, 5.41) is 3.75. The third-order valence-corrected chi connectivity index (χ3v) is 4.00. The van der Waals surface area contributed by atoms with E-state index in [0.717, 1.165) is 19.5 Å². The van der Waals surface area contributed by atoms with Crippen LogP contribution in [-0.2, 0) is 0 Å². The monoisotopic (exact) mass is 298 g/mol. The summed E-state index contributed by atoms with van der Waals surface area (Å²) in [6, 6.07) is 0.708. The van der Waals surface area contributed by atoms with Gasteiger partial charge in [0.05, 0.1) is 6.20 Å². The molecular formula is C13H23ClN6. The van der Waals surface area contributed by atoms with Gasteiger partial charge in [0.2, 0.25) is 5.95 Å². The second-order valence-corrected chi connectivity index (χ2v) is 5.60. The zero-order chi connectivity index (χ0) is 14.4. The number of nitrogens with two attached hydrogens (primary N) is 1. The summed E-state index contributed by atoms with van der Waals surface area (Å²) in [6.45, 7) is 5.48. The minimum Gasteiger partial charge on any atom is -0.369 e. The molecule has 1 atom stereocenters. The zero-order valence-corrected chi connectivity index (χ0v) is 12.7. The first-order chi connectivity index (χ1) is 9.70. The van der Waals surface area contributed by atoms with Crippen molar-refractivity contribution in [3.63, 3.8) is 0 Å². The highest BCUT2D eigenvalue weighted by Gasteiger charge is 2.17. The fourth-order valence-corrected chi connectivity index (χ4v) is 2.70. The van der Waals surface area contributed by atoms with E-state index in [4.69, 9.17) is 17.4 Å². The lowest BCUT2D eigenvalue weighted by atomic mass is 10.0. The molecule has 20 heavy (non-hydrogen) atoms. The van der Waals surface area contributed by atoms with Gasteiger partial charge in [-0.25, -0.2) is 10.8 Å². The maximum Gasteiger partial charge on any atom is 0.239 e. The molecule has 2 heterocycles. The number of likely N-dealkylation sites (tertiary alicyclic amines) is 1. The average Bonchev–Trinajstić information content (AvgIpc) is 2.47. The predicted octanol–water partition coefficient (Wildman–Crippen LogP) is 2.09. The van der Waals surface area contributed by atoms with Gasteiger partial charge in [0.15, 0.2) is 5.82 Å². The van der Waals surface area contributed by atoms with E-state index >= 15 is 0 Å². The Bertz CT molecular complexity index is 427. The summed E-state index contributed by atoms with van der Waals surface area (Å²) in [4.78, 5) is 10.7. The van der Waals surface area contributed by atoms with Crippen molar-refractivity contribution in [2.24, 2.45) is 5.84 Å². The van der Waals surface area contributed by atoms with Crippen molar-refractivity contribution in [3.8, 4) is 0 Å². The Morgan fingerprint density at radius 3 is 3.10 bits per heavy atom. The van der Waals surface area contributed by atoms with E-state index in [1.54, 1.807) is 6.20 Å². The number of hydrogen-bond donors (Lipinski definition) is 3. The summed E-state index contributed by atoms with van der Waals surface area (Å²) >= 11 is 6.04. The van der Waals surface area contributed by atoms with Gasteiger partial charge in [-0.05, 0) is 32.7 Å². The first-order valence-electron chi connectivity index (χ1n) is 7.18. The first-order valence-corrected chi connectivity index (χ1v) is 7.55. The molecule has 0 radical (unpaired) electrons. The standard InChI is InChI=1S/C13H23ClN6/c1-10-5-2-3-7-20(10)8-4-6-16-12-11(14)9-17-13(18-12)19-15/h9-10H,2-8,15H2,1H3,(H2,16,17,18,19). The molecule has 1 aliphatic heterocycles.